The number of aromatic nitrogens is 1. The van der Waals surface area contributed by atoms with E-state index in [9.17, 15) is 9.59 Å². The number of carbonyl (C=O) groups excluding carboxylic acids is 2. The zero-order valence-electron chi connectivity index (χ0n) is 15.7. The number of likely N-dealkylation sites (N-methyl/N-ethyl adjacent to an activating group) is 1. The largest absolute Gasteiger partial charge is 0.342 e. The summed E-state index contributed by atoms with van der Waals surface area (Å²) >= 11 is 8.62. The molecule has 5 nitrogen and oxygen atoms in total. The Hall–Kier alpha value is -2.77. The normalized spacial score (nSPS) is 16.0. The lowest BCUT2D eigenvalue weighted by molar-refractivity contribution is -0.128. The number of amides is 2. The first-order valence-electron chi connectivity index (χ1n) is 9.19. The highest BCUT2D eigenvalue weighted by molar-refractivity contribution is 9.10. The molecule has 1 aromatic heterocycles. The smallest absolute Gasteiger partial charge is 0.265 e. The van der Waals surface area contributed by atoms with Crippen LogP contribution in [0.5, 0.6) is 0 Å². The molecule has 2 aromatic carbocycles. The lowest BCUT2D eigenvalue weighted by atomic mass is 10.1. The summed E-state index contributed by atoms with van der Waals surface area (Å²) in [6.45, 7) is 2.91. The van der Waals surface area contributed by atoms with Gasteiger partial charge in [-0.3, -0.25) is 19.8 Å². The van der Waals surface area contributed by atoms with Gasteiger partial charge in [0.15, 0.2) is 5.11 Å². The van der Waals surface area contributed by atoms with E-state index >= 15 is 0 Å². The SMILES string of the molecule is CCN1C(=O)C(=Cc2cn(Cc3ccccc3)c3ccc(Br)cc23)C(=O)NC1=S. The second-order valence-electron chi connectivity index (χ2n) is 6.73. The highest BCUT2D eigenvalue weighted by atomic mass is 79.9. The summed E-state index contributed by atoms with van der Waals surface area (Å²) in [5.74, 6) is -0.844. The van der Waals surface area contributed by atoms with Crippen LogP contribution in [0.4, 0.5) is 0 Å². The van der Waals surface area contributed by atoms with E-state index in [1.54, 1.807) is 6.08 Å². The summed E-state index contributed by atoms with van der Waals surface area (Å²) in [5.41, 5.74) is 3.08. The van der Waals surface area contributed by atoms with Crippen molar-refractivity contribution in [2.45, 2.75) is 13.5 Å². The molecule has 0 aliphatic carbocycles. The molecule has 2 heterocycles. The van der Waals surface area contributed by atoms with Gasteiger partial charge in [-0.05, 0) is 49.0 Å². The molecule has 1 aliphatic heterocycles. The first-order valence-corrected chi connectivity index (χ1v) is 10.4. The average Bonchev–Trinajstić information content (AvgIpc) is 3.02. The van der Waals surface area contributed by atoms with Gasteiger partial charge in [-0.25, -0.2) is 0 Å². The first-order chi connectivity index (χ1) is 14.0. The minimum Gasteiger partial charge on any atom is -0.342 e. The monoisotopic (exact) mass is 467 g/mol. The van der Waals surface area contributed by atoms with Crippen LogP contribution in [-0.2, 0) is 16.1 Å². The van der Waals surface area contributed by atoms with Gasteiger partial charge in [-0.1, -0.05) is 46.3 Å². The van der Waals surface area contributed by atoms with Crippen LogP contribution in [0, 0.1) is 0 Å². The number of halogens is 1. The Labute approximate surface area is 182 Å². The lowest BCUT2D eigenvalue weighted by Gasteiger charge is -2.27. The highest BCUT2D eigenvalue weighted by Crippen LogP contribution is 2.28. The summed E-state index contributed by atoms with van der Waals surface area (Å²) in [5, 5.41) is 3.71. The molecule has 3 aromatic rings. The van der Waals surface area contributed by atoms with E-state index in [4.69, 9.17) is 12.2 Å². The number of benzene rings is 2. The van der Waals surface area contributed by atoms with Gasteiger partial charge in [0, 0.05) is 40.2 Å². The summed E-state index contributed by atoms with van der Waals surface area (Å²) in [4.78, 5) is 26.6. The number of nitrogens with zero attached hydrogens (tertiary/aromatic N) is 2. The van der Waals surface area contributed by atoms with Crippen molar-refractivity contribution in [2.75, 3.05) is 6.54 Å². The van der Waals surface area contributed by atoms with Gasteiger partial charge in [0.25, 0.3) is 11.8 Å². The van der Waals surface area contributed by atoms with Crippen LogP contribution in [0.3, 0.4) is 0 Å². The van der Waals surface area contributed by atoms with Gasteiger partial charge in [0.05, 0.1) is 0 Å². The van der Waals surface area contributed by atoms with Gasteiger partial charge >= 0.3 is 0 Å². The standard InChI is InChI=1S/C22H18BrN3O2S/c1-2-26-21(28)18(20(27)24-22(26)29)10-15-13-25(12-14-6-4-3-5-7-14)19-9-8-16(23)11-17(15)19/h3-11,13H,2,12H2,1H3,(H,24,27,29). The topological polar surface area (TPSA) is 54.3 Å². The van der Waals surface area contributed by atoms with Crippen LogP contribution >= 0.6 is 28.1 Å². The van der Waals surface area contributed by atoms with Gasteiger partial charge in [0.1, 0.15) is 5.57 Å². The lowest BCUT2D eigenvalue weighted by Crippen LogP contribution is -2.53. The van der Waals surface area contributed by atoms with Gasteiger partial charge in [0.2, 0.25) is 0 Å². The summed E-state index contributed by atoms with van der Waals surface area (Å²) in [6, 6.07) is 16.2. The fourth-order valence-electron chi connectivity index (χ4n) is 3.46. The Kier molecular flexibility index (Phi) is 5.34. The van der Waals surface area contributed by atoms with Crippen LogP contribution in [0.25, 0.3) is 17.0 Å². The first kappa shape index (κ1) is 19.5. The zero-order chi connectivity index (χ0) is 20.5. The molecule has 7 heteroatoms. The van der Waals surface area contributed by atoms with E-state index in [-0.39, 0.29) is 16.6 Å². The van der Waals surface area contributed by atoms with Crippen LogP contribution in [0.2, 0.25) is 0 Å². The molecule has 0 radical (unpaired) electrons. The maximum absolute atomic E-state index is 12.8. The molecule has 1 saturated heterocycles. The Morgan fingerprint density at radius 2 is 1.90 bits per heavy atom. The fourth-order valence-corrected chi connectivity index (χ4v) is 4.13. The molecule has 0 bridgehead atoms. The molecular formula is C22H18BrN3O2S. The van der Waals surface area contributed by atoms with Crippen LogP contribution in [0.1, 0.15) is 18.1 Å². The quantitative estimate of drug-likeness (QED) is 0.357. The predicted molar refractivity (Wildman–Crippen MR) is 121 cm³/mol. The third-order valence-corrected chi connectivity index (χ3v) is 5.69. The minimum absolute atomic E-state index is 0.0826. The van der Waals surface area contributed by atoms with Crippen LogP contribution in [0.15, 0.2) is 64.8 Å². The summed E-state index contributed by atoms with van der Waals surface area (Å²) in [7, 11) is 0. The number of rotatable bonds is 4. The van der Waals surface area contributed by atoms with Crippen LogP contribution < -0.4 is 5.32 Å². The zero-order valence-corrected chi connectivity index (χ0v) is 18.1. The van der Waals surface area contributed by atoms with Crippen molar-refractivity contribution in [3.63, 3.8) is 0 Å². The molecule has 1 fully saturated rings. The number of hydrogen-bond donors (Lipinski definition) is 1. The molecular weight excluding hydrogens is 450 g/mol. The van der Waals surface area contributed by atoms with Crippen molar-refractivity contribution in [3.05, 3.63) is 75.9 Å². The van der Waals surface area contributed by atoms with Gasteiger partial charge < -0.3 is 4.57 Å². The maximum Gasteiger partial charge on any atom is 0.265 e. The molecule has 0 atom stereocenters. The van der Waals surface area contributed by atoms with Crippen LogP contribution in [-0.4, -0.2) is 32.9 Å². The number of hydrogen-bond acceptors (Lipinski definition) is 3. The highest BCUT2D eigenvalue weighted by Gasteiger charge is 2.32. The molecule has 146 valence electrons. The molecule has 1 N–H and O–H groups in total. The molecule has 0 spiro atoms. The molecule has 1 aliphatic rings. The molecule has 2 amide bonds. The number of fused-ring (bicyclic) bond motifs is 1. The average molecular weight is 468 g/mol. The number of carbonyl (C=O) groups is 2. The molecule has 29 heavy (non-hydrogen) atoms. The van der Waals surface area contributed by atoms with Crippen molar-refractivity contribution in [1.82, 2.24) is 14.8 Å². The minimum atomic E-state index is -0.469. The Bertz CT molecular complexity index is 1170. The summed E-state index contributed by atoms with van der Waals surface area (Å²) in [6.07, 6.45) is 3.62. The van der Waals surface area contributed by atoms with Crippen molar-refractivity contribution in [1.29, 1.82) is 0 Å². The molecule has 0 saturated carbocycles. The Morgan fingerprint density at radius 3 is 2.62 bits per heavy atom. The van der Waals surface area contributed by atoms with Gasteiger partial charge in [-0.2, -0.15) is 0 Å². The second-order valence-corrected chi connectivity index (χ2v) is 8.03. The van der Waals surface area contributed by atoms with E-state index in [1.807, 2.05) is 49.5 Å². The van der Waals surface area contributed by atoms with E-state index in [0.29, 0.717) is 13.1 Å². The van der Waals surface area contributed by atoms with E-state index in [1.165, 1.54) is 10.5 Å². The third kappa shape index (κ3) is 3.75. The van der Waals surface area contributed by atoms with E-state index in [2.05, 4.69) is 37.9 Å². The van der Waals surface area contributed by atoms with Gasteiger partial charge in [-0.15, -0.1) is 0 Å². The fraction of sp³-hybridized carbons (Fsp3) is 0.136. The number of thiocarbonyl (C=S) groups is 1. The second kappa shape index (κ2) is 7.93. The molecule has 0 unspecified atom stereocenters. The Balaban J connectivity index is 1.82. The van der Waals surface area contributed by atoms with E-state index < -0.39 is 5.91 Å². The van der Waals surface area contributed by atoms with Crippen molar-refractivity contribution < 1.29 is 9.59 Å². The van der Waals surface area contributed by atoms with Crippen molar-refractivity contribution in [3.8, 4) is 0 Å². The van der Waals surface area contributed by atoms with Crippen molar-refractivity contribution >= 4 is 62.1 Å². The maximum atomic E-state index is 12.8. The van der Waals surface area contributed by atoms with Crippen molar-refractivity contribution in [2.24, 2.45) is 0 Å². The third-order valence-electron chi connectivity index (χ3n) is 4.87. The Morgan fingerprint density at radius 1 is 1.14 bits per heavy atom. The molecule has 4 rings (SSSR count). The number of nitrogens with one attached hydrogen (secondary N) is 1. The van der Waals surface area contributed by atoms with E-state index in [0.717, 1.165) is 20.9 Å². The predicted octanol–water partition coefficient (Wildman–Crippen LogP) is 4.10. The summed E-state index contributed by atoms with van der Waals surface area (Å²) < 4.78 is 3.05.